The Morgan fingerprint density at radius 1 is 0.500 bits per heavy atom. The summed E-state index contributed by atoms with van der Waals surface area (Å²) in [7, 11) is -8.13. The zero-order valence-corrected chi connectivity index (χ0v) is 32.3. The number of amides is 4. The molecule has 0 fully saturated rings. The monoisotopic (exact) mass is 818 g/mol. The number of nitrogens with one attached hydrogen (secondary N) is 8. The third-order valence-electron chi connectivity index (χ3n) is 7.72. The highest BCUT2D eigenvalue weighted by atomic mass is 35.5. The quantitative estimate of drug-likeness (QED) is 0.0506. The minimum Gasteiger partial charge on any atom is -0.325 e. The number of hydrazine groups is 2. The number of rotatable bonds is 14. The van der Waals surface area contributed by atoms with Crippen LogP contribution in [0.5, 0.6) is 0 Å². The van der Waals surface area contributed by atoms with Gasteiger partial charge in [-0.25, -0.2) is 16.8 Å². The van der Waals surface area contributed by atoms with Crippen LogP contribution in [0.25, 0.3) is 0 Å². The second-order valence-corrected chi connectivity index (χ2v) is 15.5. The first kappa shape index (κ1) is 41.2. The average Bonchev–Trinajstić information content (AvgIpc) is 3.13. The number of carbonyl (C=O) groups is 4. The molecule has 0 bridgehead atoms. The SMILES string of the molecule is Cc1ccc(S(=O)(=O)Nc2ccc(NNC(=O)C(=O)NNc3ccc(NS(=O)(=O)c4ccc(C)c(NC(=O)CCl)c4C)cc3)cc2)c(C)c1NC(=O)CCl. The zero-order valence-electron chi connectivity index (χ0n) is 29.2. The first-order valence-corrected chi connectivity index (χ1v) is 19.8. The summed E-state index contributed by atoms with van der Waals surface area (Å²) < 4.78 is 57.6. The van der Waals surface area contributed by atoms with Crippen LogP contribution in [-0.4, -0.2) is 52.2 Å². The van der Waals surface area contributed by atoms with Crippen LogP contribution >= 0.6 is 23.2 Å². The van der Waals surface area contributed by atoms with E-state index in [1.54, 1.807) is 39.8 Å². The maximum Gasteiger partial charge on any atom is 0.329 e. The third kappa shape index (κ3) is 10.3. The highest BCUT2D eigenvalue weighted by Crippen LogP contribution is 2.30. The maximum atomic E-state index is 13.2. The Labute approximate surface area is 321 Å². The average molecular weight is 820 g/mol. The smallest absolute Gasteiger partial charge is 0.325 e. The molecule has 0 aliphatic heterocycles. The normalized spacial score (nSPS) is 11.1. The summed E-state index contributed by atoms with van der Waals surface area (Å²) in [5.74, 6) is -3.68. The van der Waals surface area contributed by atoms with Crippen molar-refractivity contribution < 1.29 is 36.0 Å². The van der Waals surface area contributed by atoms with E-state index in [4.69, 9.17) is 23.2 Å². The number of carbonyl (C=O) groups excluding carboxylic acids is 4. The molecule has 0 aliphatic carbocycles. The predicted molar refractivity (Wildman–Crippen MR) is 209 cm³/mol. The van der Waals surface area contributed by atoms with Gasteiger partial charge in [0.05, 0.1) is 21.2 Å². The Kier molecular flexibility index (Phi) is 13.4. The molecule has 8 N–H and O–H groups in total. The van der Waals surface area contributed by atoms with E-state index in [1.165, 1.54) is 60.7 Å². The molecule has 4 rings (SSSR count). The zero-order chi connectivity index (χ0) is 39.8. The molecule has 16 nitrogen and oxygen atoms in total. The molecule has 286 valence electrons. The molecule has 0 saturated carbocycles. The number of benzene rings is 4. The standard InChI is InChI=1S/C34H36Cl2N8O8S2/c1-19-5-15-27(21(3)31(19)37-29(45)17-35)53(49,50)43-25-11-7-23(8-12-25)39-41-33(47)34(48)42-40-24-9-13-26(14-10-24)44-54(51,52)28-16-6-20(2)32(22(28)4)38-30(46)18-36/h5-16,39-40,43-44H,17-18H2,1-4H3,(H,37,45)(H,38,46)(H,41,47)(H,42,48). The van der Waals surface area contributed by atoms with E-state index in [2.05, 4.69) is 41.8 Å². The van der Waals surface area contributed by atoms with Crippen molar-refractivity contribution in [2.75, 3.05) is 42.7 Å². The Balaban J connectivity index is 1.29. The Morgan fingerprint density at radius 2 is 0.815 bits per heavy atom. The van der Waals surface area contributed by atoms with Crippen LogP contribution in [0, 0.1) is 27.7 Å². The van der Waals surface area contributed by atoms with Gasteiger partial charge in [0, 0.05) is 22.7 Å². The van der Waals surface area contributed by atoms with Gasteiger partial charge < -0.3 is 10.6 Å². The van der Waals surface area contributed by atoms with Crippen molar-refractivity contribution in [3.05, 3.63) is 95.1 Å². The van der Waals surface area contributed by atoms with Gasteiger partial charge in [-0.15, -0.1) is 23.2 Å². The van der Waals surface area contributed by atoms with Gasteiger partial charge in [-0.3, -0.25) is 50.3 Å². The first-order valence-electron chi connectivity index (χ1n) is 15.8. The fourth-order valence-electron chi connectivity index (χ4n) is 5.00. The molecule has 4 aromatic rings. The number of hydrogen-bond donors (Lipinski definition) is 8. The summed E-state index contributed by atoms with van der Waals surface area (Å²) in [5, 5.41) is 5.22. The molecule has 0 unspecified atom stereocenters. The minimum atomic E-state index is -4.07. The molecule has 4 aromatic carbocycles. The van der Waals surface area contributed by atoms with Gasteiger partial charge in [0.1, 0.15) is 11.8 Å². The summed E-state index contributed by atoms with van der Waals surface area (Å²) in [6, 6.07) is 17.5. The Hall–Kier alpha value is -5.56. The molecular formula is C34H36Cl2N8O8S2. The number of alkyl halides is 2. The lowest BCUT2D eigenvalue weighted by molar-refractivity contribution is -0.138. The van der Waals surface area contributed by atoms with E-state index in [1.807, 2.05) is 0 Å². The van der Waals surface area contributed by atoms with Crippen LogP contribution in [-0.2, 0) is 39.2 Å². The van der Waals surface area contributed by atoms with Crippen LogP contribution in [0.4, 0.5) is 34.1 Å². The molecule has 0 atom stereocenters. The molecular weight excluding hydrogens is 783 g/mol. The molecule has 0 heterocycles. The molecule has 0 radical (unpaired) electrons. The Morgan fingerprint density at radius 3 is 1.13 bits per heavy atom. The highest BCUT2D eigenvalue weighted by molar-refractivity contribution is 7.93. The van der Waals surface area contributed by atoms with Crippen molar-refractivity contribution in [1.82, 2.24) is 10.9 Å². The first-order chi connectivity index (χ1) is 25.4. The Bertz CT molecular complexity index is 2140. The number of hydrogen-bond acceptors (Lipinski definition) is 10. The molecule has 0 aliphatic rings. The lowest BCUT2D eigenvalue weighted by Gasteiger charge is -2.16. The molecule has 0 spiro atoms. The van der Waals surface area contributed by atoms with Crippen molar-refractivity contribution in [2.45, 2.75) is 37.5 Å². The molecule has 0 saturated heterocycles. The molecule has 4 amide bonds. The minimum absolute atomic E-state index is 0.0491. The van der Waals surface area contributed by atoms with Gasteiger partial charge in [-0.2, -0.15) is 0 Å². The maximum absolute atomic E-state index is 13.2. The van der Waals surface area contributed by atoms with E-state index in [0.717, 1.165) is 0 Å². The number of anilines is 6. The van der Waals surface area contributed by atoms with Crippen LogP contribution in [0.2, 0.25) is 0 Å². The molecule has 0 aromatic heterocycles. The lowest BCUT2D eigenvalue weighted by Crippen LogP contribution is -2.44. The summed E-state index contributed by atoms with van der Waals surface area (Å²) in [4.78, 5) is 48.3. The second kappa shape index (κ2) is 17.5. The number of sulfonamides is 2. The summed E-state index contributed by atoms with van der Waals surface area (Å²) >= 11 is 11.2. The van der Waals surface area contributed by atoms with Crippen molar-refractivity contribution in [1.29, 1.82) is 0 Å². The third-order valence-corrected chi connectivity index (χ3v) is 11.3. The number of aryl methyl sites for hydroxylation is 2. The largest absolute Gasteiger partial charge is 0.329 e. The summed E-state index contributed by atoms with van der Waals surface area (Å²) in [6.07, 6.45) is 0. The van der Waals surface area contributed by atoms with E-state index >= 15 is 0 Å². The van der Waals surface area contributed by atoms with Gasteiger partial charge in [0.15, 0.2) is 0 Å². The van der Waals surface area contributed by atoms with Crippen molar-refractivity contribution >= 4 is 101 Å². The van der Waals surface area contributed by atoms with E-state index in [-0.39, 0.29) is 32.9 Å². The van der Waals surface area contributed by atoms with Crippen molar-refractivity contribution in [3.63, 3.8) is 0 Å². The lowest BCUT2D eigenvalue weighted by atomic mass is 10.1. The molecule has 20 heteroatoms. The topological polar surface area (TPSA) is 233 Å². The van der Waals surface area contributed by atoms with Crippen LogP contribution in [0.15, 0.2) is 82.6 Å². The van der Waals surface area contributed by atoms with Crippen molar-refractivity contribution in [2.24, 2.45) is 0 Å². The fraction of sp³-hybridized carbons (Fsp3) is 0.176. The summed E-state index contributed by atoms with van der Waals surface area (Å²) in [6.45, 7) is 6.58. The predicted octanol–water partition coefficient (Wildman–Crippen LogP) is 4.46. The van der Waals surface area contributed by atoms with Crippen LogP contribution < -0.4 is 41.8 Å². The summed E-state index contributed by atoms with van der Waals surface area (Å²) in [5.41, 5.74) is 13.2. The number of halogens is 2. The van der Waals surface area contributed by atoms with E-state index in [9.17, 15) is 36.0 Å². The van der Waals surface area contributed by atoms with Gasteiger partial charge in [0.25, 0.3) is 20.0 Å². The van der Waals surface area contributed by atoms with Crippen molar-refractivity contribution in [3.8, 4) is 0 Å². The van der Waals surface area contributed by atoms with Gasteiger partial charge in [-0.05, 0) is 111 Å². The van der Waals surface area contributed by atoms with E-state index in [0.29, 0.717) is 45.0 Å². The fourth-order valence-corrected chi connectivity index (χ4v) is 7.75. The highest BCUT2D eigenvalue weighted by Gasteiger charge is 2.23. The van der Waals surface area contributed by atoms with Gasteiger partial charge in [0.2, 0.25) is 11.8 Å². The second-order valence-electron chi connectivity index (χ2n) is 11.6. The van der Waals surface area contributed by atoms with Crippen LogP contribution in [0.1, 0.15) is 22.3 Å². The van der Waals surface area contributed by atoms with E-state index < -0.39 is 43.7 Å². The van der Waals surface area contributed by atoms with Gasteiger partial charge >= 0.3 is 11.8 Å². The van der Waals surface area contributed by atoms with Crippen LogP contribution in [0.3, 0.4) is 0 Å². The molecule has 54 heavy (non-hydrogen) atoms. The van der Waals surface area contributed by atoms with Gasteiger partial charge in [-0.1, -0.05) is 12.1 Å².